The number of rotatable bonds is 11. The topological polar surface area (TPSA) is 111 Å². The van der Waals surface area contributed by atoms with E-state index in [9.17, 15) is 14.4 Å². The second-order valence-corrected chi connectivity index (χ2v) is 6.70. The maximum Gasteiger partial charge on any atom is 0.414 e. The van der Waals surface area contributed by atoms with Gasteiger partial charge in [-0.2, -0.15) is 12.6 Å². The van der Waals surface area contributed by atoms with Crippen LogP contribution in [-0.2, 0) is 14.3 Å². The third-order valence-corrected chi connectivity index (χ3v) is 4.35. The van der Waals surface area contributed by atoms with Gasteiger partial charge in [0.05, 0.1) is 19.0 Å². The SMILES string of the molecule is O=C(CS)OCCC[C@H](OC(=O)NC(=O)c1ccccc1)c1cccc(OCCO)c1. The van der Waals surface area contributed by atoms with E-state index in [2.05, 4.69) is 17.9 Å². The second kappa shape index (κ2) is 13.3. The number of imide groups is 1. The van der Waals surface area contributed by atoms with Crippen LogP contribution in [0.3, 0.4) is 0 Å². The summed E-state index contributed by atoms with van der Waals surface area (Å²) in [6, 6.07) is 15.2. The summed E-state index contributed by atoms with van der Waals surface area (Å²) in [5, 5.41) is 11.1. The molecule has 2 rings (SSSR count). The lowest BCUT2D eigenvalue weighted by atomic mass is 10.0. The molecule has 0 fully saturated rings. The Hall–Kier alpha value is -3.04. The van der Waals surface area contributed by atoms with Gasteiger partial charge < -0.3 is 19.3 Å². The summed E-state index contributed by atoms with van der Waals surface area (Å²) < 4.78 is 15.9. The van der Waals surface area contributed by atoms with E-state index in [4.69, 9.17) is 19.3 Å². The van der Waals surface area contributed by atoms with Gasteiger partial charge in [0.1, 0.15) is 18.5 Å². The molecule has 1 atom stereocenters. The molecular weight excluding hydrogens is 422 g/mol. The molecule has 0 unspecified atom stereocenters. The zero-order valence-electron chi connectivity index (χ0n) is 16.9. The molecule has 0 bridgehead atoms. The Kier molecular flexibility index (Phi) is 10.4. The molecule has 0 spiro atoms. The molecule has 2 N–H and O–H groups in total. The summed E-state index contributed by atoms with van der Waals surface area (Å²) in [7, 11) is 0. The number of hydrogen-bond donors (Lipinski definition) is 3. The van der Waals surface area contributed by atoms with Gasteiger partial charge in [0, 0.05) is 5.56 Å². The summed E-state index contributed by atoms with van der Waals surface area (Å²) in [4.78, 5) is 35.8. The largest absolute Gasteiger partial charge is 0.491 e. The summed E-state index contributed by atoms with van der Waals surface area (Å²) in [5.41, 5.74) is 0.965. The van der Waals surface area contributed by atoms with Gasteiger partial charge in [-0.3, -0.25) is 14.9 Å². The van der Waals surface area contributed by atoms with Gasteiger partial charge in [0.25, 0.3) is 5.91 Å². The molecular formula is C22H25NO7S. The van der Waals surface area contributed by atoms with Crippen molar-refractivity contribution in [2.45, 2.75) is 18.9 Å². The minimum atomic E-state index is -0.895. The maximum absolute atomic E-state index is 12.3. The zero-order chi connectivity index (χ0) is 22.5. The third-order valence-electron chi connectivity index (χ3n) is 4.09. The molecule has 2 aromatic carbocycles. The third kappa shape index (κ3) is 8.69. The monoisotopic (exact) mass is 447 g/mol. The lowest BCUT2D eigenvalue weighted by Crippen LogP contribution is -2.32. The first-order chi connectivity index (χ1) is 15.0. The van der Waals surface area contributed by atoms with Crippen molar-refractivity contribution < 1.29 is 33.7 Å². The van der Waals surface area contributed by atoms with Crippen molar-refractivity contribution in [2.75, 3.05) is 25.6 Å². The molecule has 31 heavy (non-hydrogen) atoms. The van der Waals surface area contributed by atoms with Gasteiger partial charge in [0.2, 0.25) is 0 Å². The van der Waals surface area contributed by atoms with Crippen LogP contribution in [0.4, 0.5) is 4.79 Å². The number of nitrogens with one attached hydrogen (secondary N) is 1. The minimum absolute atomic E-state index is 0.0197. The van der Waals surface area contributed by atoms with E-state index >= 15 is 0 Å². The van der Waals surface area contributed by atoms with Crippen LogP contribution in [0.5, 0.6) is 5.75 Å². The predicted molar refractivity (Wildman–Crippen MR) is 116 cm³/mol. The van der Waals surface area contributed by atoms with Crippen LogP contribution >= 0.6 is 12.6 Å². The standard InChI is InChI=1S/C22H25NO7S/c24-11-13-28-18-9-4-8-17(14-18)19(10-5-12-29-20(25)15-31)30-22(27)23-21(26)16-6-2-1-3-7-16/h1-4,6-9,14,19,24,31H,5,10-13,15H2,(H,23,26,27)/t19-/m0/s1. The van der Waals surface area contributed by atoms with E-state index in [1.165, 1.54) is 0 Å². The van der Waals surface area contributed by atoms with Crippen LogP contribution in [0.15, 0.2) is 54.6 Å². The molecule has 8 nitrogen and oxygen atoms in total. The molecule has 0 radical (unpaired) electrons. The lowest BCUT2D eigenvalue weighted by Gasteiger charge is -2.19. The Morgan fingerprint density at radius 2 is 1.81 bits per heavy atom. The number of esters is 1. The van der Waals surface area contributed by atoms with Gasteiger partial charge in [-0.05, 0) is 42.7 Å². The van der Waals surface area contributed by atoms with Crippen LogP contribution < -0.4 is 10.1 Å². The van der Waals surface area contributed by atoms with E-state index in [1.54, 1.807) is 54.6 Å². The number of hydrogen-bond acceptors (Lipinski definition) is 8. The Bertz CT molecular complexity index is 860. The van der Waals surface area contributed by atoms with Crippen LogP contribution in [0, 0.1) is 0 Å². The minimum Gasteiger partial charge on any atom is -0.491 e. The Morgan fingerprint density at radius 1 is 1.03 bits per heavy atom. The molecule has 0 saturated heterocycles. The van der Waals surface area contributed by atoms with Gasteiger partial charge >= 0.3 is 12.1 Å². The summed E-state index contributed by atoms with van der Waals surface area (Å²) >= 11 is 3.85. The van der Waals surface area contributed by atoms with Crippen molar-refractivity contribution in [3.63, 3.8) is 0 Å². The molecule has 2 amide bonds. The lowest BCUT2D eigenvalue weighted by molar-refractivity contribution is -0.140. The highest BCUT2D eigenvalue weighted by Gasteiger charge is 2.20. The number of ether oxygens (including phenoxy) is 3. The molecule has 0 saturated carbocycles. The fourth-order valence-electron chi connectivity index (χ4n) is 2.68. The van der Waals surface area contributed by atoms with Gasteiger partial charge in [0.15, 0.2) is 0 Å². The van der Waals surface area contributed by atoms with Crippen molar-refractivity contribution in [3.05, 3.63) is 65.7 Å². The average Bonchev–Trinajstić information content (AvgIpc) is 2.80. The highest BCUT2D eigenvalue weighted by Crippen LogP contribution is 2.26. The molecule has 166 valence electrons. The summed E-state index contributed by atoms with van der Waals surface area (Å²) in [6.07, 6.45) is -0.842. The van der Waals surface area contributed by atoms with Crippen molar-refractivity contribution in [1.82, 2.24) is 5.32 Å². The van der Waals surface area contributed by atoms with Gasteiger partial charge in [-0.15, -0.1) is 0 Å². The number of aliphatic hydroxyl groups is 1. The first kappa shape index (κ1) is 24.2. The normalized spacial score (nSPS) is 11.3. The Balaban J connectivity index is 2.05. The van der Waals surface area contributed by atoms with Crippen molar-refractivity contribution in [1.29, 1.82) is 0 Å². The molecule has 2 aromatic rings. The number of alkyl carbamates (subject to hydrolysis) is 1. The van der Waals surface area contributed by atoms with E-state index < -0.39 is 24.1 Å². The number of benzene rings is 2. The van der Waals surface area contributed by atoms with Gasteiger partial charge in [-0.1, -0.05) is 30.3 Å². The molecule has 0 aromatic heterocycles. The first-order valence-corrected chi connectivity index (χ1v) is 10.3. The first-order valence-electron chi connectivity index (χ1n) is 9.70. The van der Waals surface area contributed by atoms with Gasteiger partial charge in [-0.25, -0.2) is 4.79 Å². The number of amides is 2. The van der Waals surface area contributed by atoms with Crippen LogP contribution in [-0.4, -0.2) is 48.6 Å². The van der Waals surface area contributed by atoms with E-state index in [-0.39, 0.29) is 25.6 Å². The van der Waals surface area contributed by atoms with E-state index in [0.29, 0.717) is 29.7 Å². The van der Waals surface area contributed by atoms with Crippen LogP contribution in [0.2, 0.25) is 0 Å². The number of thiol groups is 1. The van der Waals surface area contributed by atoms with Crippen molar-refractivity contribution in [3.8, 4) is 5.75 Å². The smallest absolute Gasteiger partial charge is 0.414 e. The fourth-order valence-corrected chi connectivity index (χ4v) is 2.77. The number of carbonyl (C=O) groups is 3. The predicted octanol–water partition coefficient (Wildman–Crippen LogP) is 2.92. The van der Waals surface area contributed by atoms with Crippen LogP contribution in [0.1, 0.15) is 34.9 Å². The van der Waals surface area contributed by atoms with Crippen LogP contribution in [0.25, 0.3) is 0 Å². The molecule has 9 heteroatoms. The quantitative estimate of drug-likeness (QED) is 0.276. The zero-order valence-corrected chi connectivity index (χ0v) is 17.8. The Labute approximate surface area is 185 Å². The number of aliphatic hydroxyl groups excluding tert-OH is 1. The van der Waals surface area contributed by atoms with Crippen molar-refractivity contribution in [2.24, 2.45) is 0 Å². The summed E-state index contributed by atoms with van der Waals surface area (Å²) in [5.74, 6) is -0.533. The average molecular weight is 448 g/mol. The summed E-state index contributed by atoms with van der Waals surface area (Å²) in [6.45, 7) is 0.135. The molecule has 0 aliphatic carbocycles. The molecule has 0 heterocycles. The Morgan fingerprint density at radius 3 is 2.52 bits per heavy atom. The van der Waals surface area contributed by atoms with Crippen molar-refractivity contribution >= 4 is 30.6 Å². The highest BCUT2D eigenvalue weighted by atomic mass is 32.1. The molecule has 0 aliphatic rings. The number of carbonyl (C=O) groups excluding carboxylic acids is 3. The highest BCUT2D eigenvalue weighted by molar-refractivity contribution is 7.81. The van der Waals surface area contributed by atoms with E-state index in [0.717, 1.165) is 0 Å². The maximum atomic E-state index is 12.3. The van der Waals surface area contributed by atoms with E-state index in [1.807, 2.05) is 0 Å². The molecule has 0 aliphatic heterocycles. The second-order valence-electron chi connectivity index (χ2n) is 6.38. The fraction of sp³-hybridized carbons (Fsp3) is 0.318.